The average Bonchev–Trinajstić information content (AvgIpc) is 2.37. The molecule has 0 spiro atoms. The lowest BCUT2D eigenvalue weighted by molar-refractivity contribution is 0.0897. The van der Waals surface area contributed by atoms with Gasteiger partial charge in [0.25, 0.3) is 5.91 Å². The molecule has 1 aromatic rings. The molecule has 0 fully saturated rings. The number of benzene rings is 1. The number of halogens is 1. The van der Waals surface area contributed by atoms with Gasteiger partial charge in [0, 0.05) is 23.2 Å². The Labute approximate surface area is 132 Å². The lowest BCUT2D eigenvalue weighted by Crippen LogP contribution is -2.52. The molecular formula is C16H25ClN2O2. The normalized spacial score (nSPS) is 13.2. The maximum absolute atomic E-state index is 12.2. The molecule has 1 rings (SSSR count). The quantitative estimate of drug-likeness (QED) is 0.793. The summed E-state index contributed by atoms with van der Waals surface area (Å²) in [5, 5.41) is 2.99. The zero-order chi connectivity index (χ0) is 15.3. The molecule has 0 radical (unpaired) electrons. The molecular weight excluding hydrogens is 288 g/mol. The highest BCUT2D eigenvalue weighted by atomic mass is 35.5. The second kappa shape index (κ2) is 8.15. The van der Waals surface area contributed by atoms with Crippen molar-refractivity contribution in [2.24, 2.45) is 11.7 Å². The lowest BCUT2D eigenvalue weighted by Gasteiger charge is -2.31. The Hall–Kier alpha value is -1.39. The Morgan fingerprint density at radius 3 is 2.05 bits per heavy atom. The zero-order valence-electron chi connectivity index (χ0n) is 13.1. The van der Waals surface area contributed by atoms with Crippen LogP contribution in [0.4, 0.5) is 0 Å². The monoisotopic (exact) mass is 312 g/mol. The molecule has 0 saturated heterocycles. The van der Waals surface area contributed by atoms with Crippen LogP contribution in [0.1, 0.15) is 54.8 Å². The number of nitrogens with two attached hydrogens (primary N) is 1. The van der Waals surface area contributed by atoms with E-state index in [9.17, 15) is 9.59 Å². The van der Waals surface area contributed by atoms with Crippen LogP contribution in [0.25, 0.3) is 0 Å². The fraction of sp³-hybridized carbons (Fsp3) is 0.500. The van der Waals surface area contributed by atoms with E-state index in [-0.39, 0.29) is 24.1 Å². The first kappa shape index (κ1) is 19.6. The molecule has 0 bridgehead atoms. The molecule has 4 nitrogen and oxygen atoms in total. The van der Waals surface area contributed by atoms with E-state index in [1.165, 1.54) is 6.92 Å². The smallest absolute Gasteiger partial charge is 0.251 e. The number of rotatable bonds is 6. The molecule has 3 N–H and O–H groups in total. The van der Waals surface area contributed by atoms with Crippen molar-refractivity contribution >= 4 is 24.1 Å². The highest BCUT2D eigenvalue weighted by Crippen LogP contribution is 2.16. The molecule has 0 aliphatic rings. The first-order valence-electron chi connectivity index (χ1n) is 6.91. The minimum atomic E-state index is -0.412. The summed E-state index contributed by atoms with van der Waals surface area (Å²) < 4.78 is 0. The van der Waals surface area contributed by atoms with Gasteiger partial charge in [-0.1, -0.05) is 26.0 Å². The number of hydrogen-bond acceptors (Lipinski definition) is 3. The van der Waals surface area contributed by atoms with Crippen LogP contribution < -0.4 is 11.1 Å². The molecule has 0 aliphatic heterocycles. The zero-order valence-corrected chi connectivity index (χ0v) is 13.9. The van der Waals surface area contributed by atoms with Gasteiger partial charge in [-0.25, -0.2) is 0 Å². The van der Waals surface area contributed by atoms with E-state index < -0.39 is 5.54 Å². The van der Waals surface area contributed by atoms with Gasteiger partial charge in [-0.15, -0.1) is 12.4 Å². The third-order valence-electron chi connectivity index (χ3n) is 3.28. The van der Waals surface area contributed by atoms with Crippen molar-refractivity contribution in [3.63, 3.8) is 0 Å². The summed E-state index contributed by atoms with van der Waals surface area (Å²) in [7, 11) is 0. The summed E-state index contributed by atoms with van der Waals surface area (Å²) >= 11 is 0. The number of carbonyl (C=O) groups is 2. The fourth-order valence-electron chi connectivity index (χ4n) is 2.29. The standard InChI is InChI=1S/C16H24N2O2.ClH/c1-11(2)9-16(4,10-17)18-15(20)14-7-5-13(6-8-14)12(3)19;/h5-8,11H,9-10,17H2,1-4H3,(H,18,20);1H. The van der Waals surface area contributed by atoms with E-state index in [4.69, 9.17) is 5.73 Å². The van der Waals surface area contributed by atoms with Crippen molar-refractivity contribution in [3.05, 3.63) is 35.4 Å². The fourth-order valence-corrected chi connectivity index (χ4v) is 2.29. The van der Waals surface area contributed by atoms with Crippen LogP contribution in [-0.2, 0) is 0 Å². The summed E-state index contributed by atoms with van der Waals surface area (Å²) in [5.74, 6) is 0.279. The Morgan fingerprint density at radius 2 is 1.67 bits per heavy atom. The van der Waals surface area contributed by atoms with Gasteiger partial charge in [-0.3, -0.25) is 9.59 Å². The second-order valence-corrected chi connectivity index (χ2v) is 5.95. The van der Waals surface area contributed by atoms with Crippen LogP contribution in [0.2, 0.25) is 0 Å². The number of hydrogen-bond donors (Lipinski definition) is 2. The first-order chi connectivity index (χ1) is 9.27. The van der Waals surface area contributed by atoms with Crippen molar-refractivity contribution in [1.82, 2.24) is 5.32 Å². The van der Waals surface area contributed by atoms with E-state index in [1.54, 1.807) is 24.3 Å². The summed E-state index contributed by atoms with van der Waals surface area (Å²) in [6, 6.07) is 6.66. The van der Waals surface area contributed by atoms with Gasteiger partial charge in [0.05, 0.1) is 0 Å². The Morgan fingerprint density at radius 1 is 1.19 bits per heavy atom. The second-order valence-electron chi connectivity index (χ2n) is 5.95. The van der Waals surface area contributed by atoms with Crippen molar-refractivity contribution in [1.29, 1.82) is 0 Å². The minimum Gasteiger partial charge on any atom is -0.346 e. The highest BCUT2D eigenvalue weighted by Gasteiger charge is 2.26. The van der Waals surface area contributed by atoms with Gasteiger partial charge in [0.1, 0.15) is 0 Å². The number of nitrogens with one attached hydrogen (secondary N) is 1. The van der Waals surface area contributed by atoms with Gasteiger partial charge in [-0.05, 0) is 38.3 Å². The third-order valence-corrected chi connectivity index (χ3v) is 3.28. The van der Waals surface area contributed by atoms with Crippen molar-refractivity contribution in [2.45, 2.75) is 39.7 Å². The molecule has 1 unspecified atom stereocenters. The number of ketones is 1. The number of carbonyl (C=O) groups excluding carboxylic acids is 2. The van der Waals surface area contributed by atoms with Crippen LogP contribution in [0, 0.1) is 5.92 Å². The molecule has 0 saturated carbocycles. The highest BCUT2D eigenvalue weighted by molar-refractivity contribution is 5.98. The summed E-state index contributed by atoms with van der Waals surface area (Å²) in [6.07, 6.45) is 0.820. The van der Waals surface area contributed by atoms with Gasteiger partial charge in [0.15, 0.2) is 5.78 Å². The largest absolute Gasteiger partial charge is 0.346 e. The molecule has 1 atom stereocenters. The molecule has 0 aliphatic carbocycles. The SMILES string of the molecule is CC(=O)c1ccc(C(=O)NC(C)(CN)CC(C)C)cc1.Cl. The van der Waals surface area contributed by atoms with Gasteiger partial charge in [0.2, 0.25) is 0 Å². The van der Waals surface area contributed by atoms with Gasteiger partial charge in [-0.2, -0.15) is 0 Å². The van der Waals surface area contributed by atoms with E-state index >= 15 is 0 Å². The first-order valence-corrected chi connectivity index (χ1v) is 6.91. The third kappa shape index (κ3) is 5.86. The van der Waals surface area contributed by atoms with E-state index in [1.807, 2.05) is 6.92 Å². The van der Waals surface area contributed by atoms with E-state index in [0.717, 1.165) is 6.42 Å². The molecule has 1 amide bonds. The van der Waals surface area contributed by atoms with Crippen LogP contribution in [0.15, 0.2) is 24.3 Å². The molecule has 118 valence electrons. The van der Waals surface area contributed by atoms with Crippen molar-refractivity contribution in [2.75, 3.05) is 6.54 Å². The van der Waals surface area contributed by atoms with Crippen molar-refractivity contribution in [3.8, 4) is 0 Å². The Balaban J connectivity index is 0.00000400. The van der Waals surface area contributed by atoms with E-state index in [2.05, 4.69) is 19.2 Å². The minimum absolute atomic E-state index is 0. The lowest BCUT2D eigenvalue weighted by atomic mass is 9.90. The predicted octanol–water partition coefficient (Wildman–Crippen LogP) is 2.80. The average molecular weight is 313 g/mol. The molecule has 5 heteroatoms. The maximum Gasteiger partial charge on any atom is 0.251 e. The summed E-state index contributed by atoms with van der Waals surface area (Å²) in [4.78, 5) is 23.4. The summed E-state index contributed by atoms with van der Waals surface area (Å²) in [5.41, 5.74) is 6.52. The predicted molar refractivity (Wildman–Crippen MR) is 88.1 cm³/mol. The van der Waals surface area contributed by atoms with E-state index in [0.29, 0.717) is 23.6 Å². The molecule has 0 aromatic heterocycles. The molecule has 1 aromatic carbocycles. The van der Waals surface area contributed by atoms with Crippen LogP contribution in [-0.4, -0.2) is 23.8 Å². The van der Waals surface area contributed by atoms with Crippen LogP contribution in [0.3, 0.4) is 0 Å². The Bertz CT molecular complexity index is 486. The van der Waals surface area contributed by atoms with Gasteiger partial charge < -0.3 is 11.1 Å². The molecule has 21 heavy (non-hydrogen) atoms. The topological polar surface area (TPSA) is 72.2 Å². The number of amides is 1. The van der Waals surface area contributed by atoms with Gasteiger partial charge >= 0.3 is 0 Å². The Kier molecular flexibility index (Phi) is 7.61. The molecule has 0 heterocycles. The van der Waals surface area contributed by atoms with Crippen molar-refractivity contribution < 1.29 is 9.59 Å². The number of Topliss-reactive ketones (excluding diaryl/α,β-unsaturated/α-hetero) is 1. The maximum atomic E-state index is 12.2. The van der Waals surface area contributed by atoms with Crippen LogP contribution >= 0.6 is 12.4 Å². The summed E-state index contributed by atoms with van der Waals surface area (Å²) in [6.45, 7) is 8.05. The van der Waals surface area contributed by atoms with Crippen LogP contribution in [0.5, 0.6) is 0 Å².